The summed E-state index contributed by atoms with van der Waals surface area (Å²) in [6.07, 6.45) is 4.68. The lowest BCUT2D eigenvalue weighted by Crippen LogP contribution is -2.45. The molecule has 114 valence electrons. The molecule has 3 heteroatoms. The first kappa shape index (κ1) is 14.5. The van der Waals surface area contributed by atoms with Crippen molar-refractivity contribution in [3.05, 3.63) is 35.4 Å². The van der Waals surface area contributed by atoms with Crippen molar-refractivity contribution < 1.29 is 14.6 Å². The van der Waals surface area contributed by atoms with Crippen molar-refractivity contribution in [3.8, 4) is 11.5 Å². The Morgan fingerprint density at radius 1 is 1.33 bits per heavy atom. The Morgan fingerprint density at radius 2 is 2.10 bits per heavy atom. The van der Waals surface area contributed by atoms with Gasteiger partial charge in [0.1, 0.15) is 0 Å². The van der Waals surface area contributed by atoms with Gasteiger partial charge in [0.15, 0.2) is 11.5 Å². The number of ether oxygens (including phenoxy) is 2. The third-order valence-corrected chi connectivity index (χ3v) is 5.16. The fraction of sp³-hybridized carbons (Fsp3) is 0.556. The Morgan fingerprint density at radius 3 is 2.81 bits per heavy atom. The summed E-state index contributed by atoms with van der Waals surface area (Å²) < 4.78 is 11.7. The maximum absolute atomic E-state index is 9.79. The van der Waals surface area contributed by atoms with Gasteiger partial charge in [0.05, 0.1) is 18.8 Å². The summed E-state index contributed by atoms with van der Waals surface area (Å²) in [7, 11) is 1.58. The summed E-state index contributed by atoms with van der Waals surface area (Å²) in [6, 6.07) is 5.54. The first-order chi connectivity index (χ1) is 9.92. The van der Waals surface area contributed by atoms with E-state index in [-0.39, 0.29) is 17.5 Å². The molecule has 1 fully saturated rings. The van der Waals surface area contributed by atoms with Crippen molar-refractivity contribution in [2.24, 2.45) is 11.8 Å². The Balaban J connectivity index is 2.00. The predicted octanol–water partition coefficient (Wildman–Crippen LogP) is 4.22. The monoisotopic (exact) mass is 288 g/mol. The van der Waals surface area contributed by atoms with E-state index in [4.69, 9.17) is 9.47 Å². The molecule has 1 aromatic rings. The topological polar surface area (TPSA) is 38.7 Å². The molecule has 0 radical (unpaired) electrons. The molecule has 2 aliphatic rings. The van der Waals surface area contributed by atoms with Crippen LogP contribution < -0.4 is 4.74 Å². The zero-order valence-electron chi connectivity index (χ0n) is 13.2. The highest BCUT2D eigenvalue weighted by molar-refractivity contribution is 5.43. The van der Waals surface area contributed by atoms with Crippen LogP contribution in [0.5, 0.6) is 11.5 Å². The maximum atomic E-state index is 9.79. The molecule has 1 aromatic carbocycles. The van der Waals surface area contributed by atoms with Crippen molar-refractivity contribution in [1.29, 1.82) is 0 Å². The molecule has 2 bridgehead atoms. The van der Waals surface area contributed by atoms with Crippen molar-refractivity contribution >= 4 is 0 Å². The third kappa shape index (κ3) is 2.44. The van der Waals surface area contributed by atoms with Crippen LogP contribution in [0.3, 0.4) is 0 Å². The Hall–Kier alpha value is -1.48. The summed E-state index contributed by atoms with van der Waals surface area (Å²) in [5.74, 6) is 1.69. The molecular weight excluding hydrogens is 264 g/mol. The molecule has 1 aliphatic heterocycles. The van der Waals surface area contributed by atoms with E-state index in [2.05, 4.69) is 26.8 Å². The lowest BCUT2D eigenvalue weighted by molar-refractivity contribution is -0.166. The van der Waals surface area contributed by atoms with E-state index < -0.39 is 0 Å². The highest BCUT2D eigenvalue weighted by Crippen LogP contribution is 2.51. The molecule has 1 N–H and O–H groups in total. The molecule has 3 rings (SSSR count). The third-order valence-electron chi connectivity index (χ3n) is 5.16. The van der Waals surface area contributed by atoms with Crippen molar-refractivity contribution in [1.82, 2.24) is 0 Å². The molecule has 0 spiro atoms. The second-order valence-corrected chi connectivity index (χ2v) is 6.80. The molecule has 21 heavy (non-hydrogen) atoms. The molecule has 3 nitrogen and oxygen atoms in total. The highest BCUT2D eigenvalue weighted by Gasteiger charge is 2.45. The van der Waals surface area contributed by atoms with E-state index in [0.29, 0.717) is 17.6 Å². The van der Waals surface area contributed by atoms with Crippen LogP contribution in [0.2, 0.25) is 0 Å². The van der Waals surface area contributed by atoms with Crippen LogP contribution in [-0.4, -0.2) is 17.8 Å². The van der Waals surface area contributed by atoms with Gasteiger partial charge in [-0.05, 0) is 57.2 Å². The van der Waals surface area contributed by atoms with E-state index in [1.807, 2.05) is 12.1 Å². The van der Waals surface area contributed by atoms with Crippen molar-refractivity contribution in [2.75, 3.05) is 7.11 Å². The summed E-state index contributed by atoms with van der Waals surface area (Å²) >= 11 is 0. The SMILES string of the molecule is COc1cc([C@@H]2OC(C)(C)[C@@H]3CC=C(C)[C@H]2C3)ccc1O. The summed E-state index contributed by atoms with van der Waals surface area (Å²) in [6.45, 7) is 6.58. The number of hydrogen-bond donors (Lipinski definition) is 1. The van der Waals surface area contributed by atoms with Crippen molar-refractivity contribution in [3.63, 3.8) is 0 Å². The number of fused-ring (bicyclic) bond motifs is 2. The molecule has 0 saturated carbocycles. The van der Waals surface area contributed by atoms with Gasteiger partial charge < -0.3 is 14.6 Å². The highest BCUT2D eigenvalue weighted by atomic mass is 16.5. The lowest BCUT2D eigenvalue weighted by Gasteiger charge is -2.49. The average Bonchev–Trinajstić information content (AvgIpc) is 2.45. The van der Waals surface area contributed by atoms with Gasteiger partial charge in [0.25, 0.3) is 0 Å². The van der Waals surface area contributed by atoms with E-state index in [1.165, 1.54) is 12.0 Å². The molecule has 0 aromatic heterocycles. The predicted molar refractivity (Wildman–Crippen MR) is 82.5 cm³/mol. The van der Waals surface area contributed by atoms with Gasteiger partial charge in [-0.3, -0.25) is 0 Å². The van der Waals surface area contributed by atoms with Crippen molar-refractivity contribution in [2.45, 2.75) is 45.3 Å². The van der Waals surface area contributed by atoms with Crippen LogP contribution >= 0.6 is 0 Å². The summed E-state index contributed by atoms with van der Waals surface area (Å²) in [5, 5.41) is 9.79. The zero-order chi connectivity index (χ0) is 15.2. The molecule has 0 amide bonds. The number of methoxy groups -OCH3 is 1. The van der Waals surface area contributed by atoms with E-state index in [9.17, 15) is 5.11 Å². The quantitative estimate of drug-likeness (QED) is 0.828. The number of aromatic hydroxyl groups is 1. The average molecular weight is 288 g/mol. The first-order valence-corrected chi connectivity index (χ1v) is 7.63. The van der Waals surface area contributed by atoms with Crippen LogP contribution in [0.15, 0.2) is 29.8 Å². The Kier molecular flexibility index (Phi) is 3.48. The first-order valence-electron chi connectivity index (χ1n) is 7.63. The molecule has 1 aliphatic carbocycles. The largest absolute Gasteiger partial charge is 0.504 e. The molecular formula is C18H24O3. The Bertz CT molecular complexity index is 574. The second kappa shape index (κ2) is 5.06. The lowest BCUT2D eigenvalue weighted by atomic mass is 9.69. The zero-order valence-corrected chi connectivity index (χ0v) is 13.2. The summed E-state index contributed by atoms with van der Waals surface area (Å²) in [4.78, 5) is 0. The minimum Gasteiger partial charge on any atom is -0.504 e. The Labute approximate surface area is 126 Å². The van der Waals surface area contributed by atoms with Gasteiger partial charge >= 0.3 is 0 Å². The minimum atomic E-state index is -0.122. The standard InChI is InChI=1S/C18H24O3/c1-11-5-7-13-10-14(11)17(21-18(13,2)3)12-6-8-15(19)16(9-12)20-4/h5-6,8-9,13-14,17,19H,7,10H2,1-4H3/t13-,14-,17+/m1/s1. The molecule has 1 heterocycles. The second-order valence-electron chi connectivity index (χ2n) is 6.80. The summed E-state index contributed by atoms with van der Waals surface area (Å²) in [5.41, 5.74) is 2.37. The number of benzene rings is 1. The van der Waals surface area contributed by atoms with Crippen LogP contribution in [0, 0.1) is 11.8 Å². The number of allylic oxidation sites excluding steroid dienone is 1. The molecule has 1 saturated heterocycles. The van der Waals surface area contributed by atoms with Gasteiger partial charge in [-0.25, -0.2) is 0 Å². The van der Waals surface area contributed by atoms with Gasteiger partial charge in [0, 0.05) is 5.92 Å². The number of phenols is 1. The smallest absolute Gasteiger partial charge is 0.160 e. The van der Waals surface area contributed by atoms with E-state index >= 15 is 0 Å². The number of phenolic OH excluding ortho intramolecular Hbond substituents is 1. The van der Waals surface area contributed by atoms with Gasteiger partial charge in [-0.2, -0.15) is 0 Å². The minimum absolute atomic E-state index is 0.0299. The fourth-order valence-electron chi connectivity index (χ4n) is 3.68. The van der Waals surface area contributed by atoms with Gasteiger partial charge in [-0.1, -0.05) is 17.7 Å². The van der Waals surface area contributed by atoms with Crippen LogP contribution in [0.4, 0.5) is 0 Å². The van der Waals surface area contributed by atoms with E-state index in [0.717, 1.165) is 12.0 Å². The van der Waals surface area contributed by atoms with Crippen LogP contribution in [0.1, 0.15) is 45.3 Å². The van der Waals surface area contributed by atoms with Gasteiger partial charge in [-0.15, -0.1) is 0 Å². The van der Waals surface area contributed by atoms with E-state index in [1.54, 1.807) is 13.2 Å². The normalized spacial score (nSPS) is 30.7. The fourth-order valence-corrected chi connectivity index (χ4v) is 3.68. The number of hydrogen-bond acceptors (Lipinski definition) is 3. The van der Waals surface area contributed by atoms with Gasteiger partial charge in [0.2, 0.25) is 0 Å². The maximum Gasteiger partial charge on any atom is 0.160 e. The van der Waals surface area contributed by atoms with Crippen LogP contribution in [0.25, 0.3) is 0 Å². The number of rotatable bonds is 2. The van der Waals surface area contributed by atoms with Crippen LogP contribution in [-0.2, 0) is 4.74 Å². The molecule has 0 unspecified atom stereocenters. The molecule has 3 atom stereocenters.